The molecule has 2 unspecified atom stereocenters. The van der Waals surface area contributed by atoms with Crippen LogP contribution in [0.2, 0.25) is 0 Å². The topological polar surface area (TPSA) is 37.3 Å². The highest BCUT2D eigenvalue weighted by atomic mass is 16.3. The molecule has 32 heavy (non-hydrogen) atoms. The van der Waals surface area contributed by atoms with Gasteiger partial charge >= 0.3 is 0 Å². The van der Waals surface area contributed by atoms with Crippen LogP contribution in [-0.2, 0) is 4.79 Å². The number of Topliss-reactive ketones (excluding diaryl/α,β-unsaturated/α-hetero) is 1. The first kappa shape index (κ1) is 23.1. The van der Waals surface area contributed by atoms with Crippen LogP contribution in [0.15, 0.2) is 12.2 Å². The van der Waals surface area contributed by atoms with E-state index in [-0.39, 0.29) is 10.8 Å². The van der Waals surface area contributed by atoms with Gasteiger partial charge in [0.15, 0.2) is 0 Å². The van der Waals surface area contributed by atoms with E-state index in [1.165, 1.54) is 44.1 Å². The number of carbonyl (C=O) groups excluding carboxylic acids is 1. The predicted octanol–water partition coefficient (Wildman–Crippen LogP) is 7.06. The minimum Gasteiger partial charge on any atom is -0.396 e. The van der Waals surface area contributed by atoms with E-state index in [1.54, 1.807) is 0 Å². The molecule has 5 aliphatic rings. The van der Waals surface area contributed by atoms with E-state index in [2.05, 4.69) is 48.1 Å². The minimum atomic E-state index is -0.155. The first-order valence-corrected chi connectivity index (χ1v) is 13.7. The molecule has 0 amide bonds. The van der Waals surface area contributed by atoms with Crippen LogP contribution in [0.4, 0.5) is 0 Å². The Labute approximate surface area is 197 Å². The van der Waals surface area contributed by atoms with Crippen molar-refractivity contribution in [3.8, 4) is 0 Å². The van der Waals surface area contributed by atoms with E-state index in [0.717, 1.165) is 37.0 Å². The molecule has 2 nitrogen and oxygen atoms in total. The number of hydrogen-bond donors (Lipinski definition) is 1. The van der Waals surface area contributed by atoms with Gasteiger partial charge in [0.2, 0.25) is 0 Å². The SMILES string of the molecule is C=C1C[C@]2(CO)CC[C@@H]3C(CC[C@H]4[C@@]3(C)CCC3C(C)(C)C(=O)CC[C@@]34C)[C@H]2[C@@H](C)[C@@H]1C. The summed E-state index contributed by atoms with van der Waals surface area (Å²) in [5.74, 6) is 5.16. The van der Waals surface area contributed by atoms with Crippen molar-refractivity contribution in [2.24, 2.45) is 63.1 Å². The third-order valence-corrected chi connectivity index (χ3v) is 13.0. The molecule has 0 aromatic heterocycles. The monoisotopic (exact) mass is 440 g/mol. The van der Waals surface area contributed by atoms with E-state index in [9.17, 15) is 9.90 Å². The molecule has 0 aromatic carbocycles. The summed E-state index contributed by atoms with van der Waals surface area (Å²) in [5.41, 5.74) is 2.00. The van der Waals surface area contributed by atoms with Gasteiger partial charge in [-0.3, -0.25) is 4.79 Å². The number of rotatable bonds is 1. The van der Waals surface area contributed by atoms with Gasteiger partial charge < -0.3 is 5.11 Å². The van der Waals surface area contributed by atoms with Crippen LogP contribution in [0.5, 0.6) is 0 Å². The zero-order valence-electron chi connectivity index (χ0n) is 21.7. The Morgan fingerprint density at radius 3 is 2.34 bits per heavy atom. The van der Waals surface area contributed by atoms with Crippen LogP contribution in [0.1, 0.15) is 99.3 Å². The smallest absolute Gasteiger partial charge is 0.138 e. The number of ketones is 1. The molecule has 2 heteroatoms. The second-order valence-corrected chi connectivity index (χ2v) is 14.2. The van der Waals surface area contributed by atoms with Gasteiger partial charge in [-0.05, 0) is 104 Å². The van der Waals surface area contributed by atoms with Crippen molar-refractivity contribution in [2.75, 3.05) is 6.61 Å². The van der Waals surface area contributed by atoms with Crippen molar-refractivity contribution in [2.45, 2.75) is 99.3 Å². The third-order valence-electron chi connectivity index (χ3n) is 13.0. The van der Waals surface area contributed by atoms with Gasteiger partial charge in [-0.15, -0.1) is 0 Å². The van der Waals surface area contributed by atoms with Crippen LogP contribution in [0.3, 0.4) is 0 Å². The van der Waals surface area contributed by atoms with Gasteiger partial charge in [-0.1, -0.05) is 53.7 Å². The zero-order valence-corrected chi connectivity index (χ0v) is 21.7. The molecule has 5 aliphatic carbocycles. The molecule has 1 N–H and O–H groups in total. The molecule has 180 valence electrons. The molecule has 0 aromatic rings. The molecule has 5 fully saturated rings. The Bertz CT molecular complexity index is 812. The lowest BCUT2D eigenvalue weighted by Crippen LogP contribution is -2.64. The predicted molar refractivity (Wildman–Crippen MR) is 131 cm³/mol. The molecule has 10 atom stereocenters. The maximum atomic E-state index is 12.9. The van der Waals surface area contributed by atoms with E-state index in [1.807, 2.05) is 0 Å². The second kappa shape index (κ2) is 7.19. The zero-order chi connectivity index (χ0) is 23.3. The fourth-order valence-corrected chi connectivity index (χ4v) is 11.3. The van der Waals surface area contributed by atoms with Crippen LogP contribution in [0, 0.1) is 63.1 Å². The molecule has 0 spiro atoms. The Balaban J connectivity index is 1.50. The fraction of sp³-hybridized carbons (Fsp3) is 0.900. The standard InChI is InChI=1S/C30H48O2/c1-18-16-30(17-31)15-10-22-21(26(30)20(3)19(18)2)8-9-24-28(22,6)13-11-23-27(4,5)25(32)12-14-29(23,24)7/h19-24,26,31H,1,8-17H2,2-7H3/t19-,20+,21?,22-,23?,24+,26-,28+,29+,30+/m1/s1. The fourth-order valence-electron chi connectivity index (χ4n) is 11.3. The quantitative estimate of drug-likeness (QED) is 0.443. The Hall–Kier alpha value is -0.630. The normalized spacial score (nSPS) is 54.8. The second-order valence-electron chi connectivity index (χ2n) is 14.2. The summed E-state index contributed by atoms with van der Waals surface area (Å²) in [6, 6.07) is 0. The van der Waals surface area contributed by atoms with Gasteiger partial charge in [-0.2, -0.15) is 0 Å². The van der Waals surface area contributed by atoms with Crippen molar-refractivity contribution in [3.05, 3.63) is 12.2 Å². The van der Waals surface area contributed by atoms with Gasteiger partial charge in [0.05, 0.1) is 0 Å². The van der Waals surface area contributed by atoms with E-state index in [4.69, 9.17) is 0 Å². The van der Waals surface area contributed by atoms with Gasteiger partial charge in [0.1, 0.15) is 5.78 Å². The number of allylic oxidation sites excluding steroid dienone is 1. The first-order valence-electron chi connectivity index (χ1n) is 13.7. The van der Waals surface area contributed by atoms with E-state index < -0.39 is 0 Å². The van der Waals surface area contributed by atoms with Crippen molar-refractivity contribution in [1.82, 2.24) is 0 Å². The van der Waals surface area contributed by atoms with Gasteiger partial charge in [0.25, 0.3) is 0 Å². The van der Waals surface area contributed by atoms with Crippen molar-refractivity contribution in [3.63, 3.8) is 0 Å². The van der Waals surface area contributed by atoms with Crippen LogP contribution >= 0.6 is 0 Å². The molecule has 0 radical (unpaired) electrons. The molecule has 5 rings (SSSR count). The highest BCUT2D eigenvalue weighted by molar-refractivity contribution is 5.85. The number of hydrogen-bond acceptors (Lipinski definition) is 2. The van der Waals surface area contributed by atoms with Gasteiger partial charge in [0, 0.05) is 23.9 Å². The minimum absolute atomic E-state index is 0.0771. The maximum absolute atomic E-state index is 12.9. The molecular weight excluding hydrogens is 392 g/mol. The van der Waals surface area contributed by atoms with Crippen LogP contribution in [0.25, 0.3) is 0 Å². The number of carbonyl (C=O) groups is 1. The summed E-state index contributed by atoms with van der Waals surface area (Å²) in [6.45, 7) is 19.4. The summed E-state index contributed by atoms with van der Waals surface area (Å²) >= 11 is 0. The van der Waals surface area contributed by atoms with E-state index in [0.29, 0.717) is 46.9 Å². The molecular formula is C30H48O2. The number of aliphatic hydroxyl groups is 1. The number of fused-ring (bicyclic) bond motifs is 7. The third kappa shape index (κ3) is 2.77. The summed E-state index contributed by atoms with van der Waals surface area (Å²) in [7, 11) is 0. The highest BCUT2D eigenvalue weighted by Crippen LogP contribution is 2.73. The lowest BCUT2D eigenvalue weighted by molar-refractivity contribution is -0.209. The van der Waals surface area contributed by atoms with Crippen LogP contribution < -0.4 is 0 Å². The Morgan fingerprint density at radius 2 is 1.66 bits per heavy atom. The maximum Gasteiger partial charge on any atom is 0.138 e. The average molecular weight is 441 g/mol. The van der Waals surface area contributed by atoms with Crippen molar-refractivity contribution >= 4 is 5.78 Å². The molecule has 0 saturated heterocycles. The largest absolute Gasteiger partial charge is 0.396 e. The summed E-state index contributed by atoms with van der Waals surface area (Å²) < 4.78 is 0. The lowest BCUT2D eigenvalue weighted by atomic mass is 9.35. The Kier molecular flexibility index (Phi) is 5.20. The summed E-state index contributed by atoms with van der Waals surface area (Å²) in [6.07, 6.45) is 10.6. The molecule has 5 saturated carbocycles. The molecule has 0 aliphatic heterocycles. The summed E-state index contributed by atoms with van der Waals surface area (Å²) in [4.78, 5) is 12.9. The van der Waals surface area contributed by atoms with E-state index >= 15 is 0 Å². The summed E-state index contributed by atoms with van der Waals surface area (Å²) in [5, 5.41) is 10.7. The first-order chi connectivity index (χ1) is 14.9. The number of aliphatic hydroxyl groups excluding tert-OH is 1. The molecule has 0 heterocycles. The highest BCUT2D eigenvalue weighted by Gasteiger charge is 2.66. The average Bonchev–Trinajstić information content (AvgIpc) is 2.74. The van der Waals surface area contributed by atoms with Crippen molar-refractivity contribution in [1.29, 1.82) is 0 Å². The molecule has 0 bridgehead atoms. The van der Waals surface area contributed by atoms with Crippen molar-refractivity contribution < 1.29 is 9.90 Å². The lowest BCUT2D eigenvalue weighted by Gasteiger charge is -2.70. The Morgan fingerprint density at radius 1 is 0.938 bits per heavy atom. The van der Waals surface area contributed by atoms with Crippen LogP contribution in [-0.4, -0.2) is 17.5 Å². The van der Waals surface area contributed by atoms with Gasteiger partial charge in [-0.25, -0.2) is 0 Å².